The molecule has 0 bridgehead atoms. The highest BCUT2D eigenvalue weighted by Crippen LogP contribution is 2.46. The molecule has 4 rings (SSSR count). The predicted octanol–water partition coefficient (Wildman–Crippen LogP) is 2.73. The lowest BCUT2D eigenvalue weighted by molar-refractivity contribution is 0.0397. The molecule has 0 N–H and O–H groups in total. The van der Waals surface area contributed by atoms with Crippen molar-refractivity contribution >= 4 is 5.78 Å². The van der Waals surface area contributed by atoms with Crippen LogP contribution < -0.4 is 23.7 Å². The molecule has 2 aliphatic heterocycles. The highest BCUT2D eigenvalue weighted by molar-refractivity contribution is 6.06. The van der Waals surface area contributed by atoms with E-state index in [0.717, 1.165) is 5.56 Å². The van der Waals surface area contributed by atoms with Gasteiger partial charge in [-0.15, -0.1) is 0 Å². The summed E-state index contributed by atoms with van der Waals surface area (Å²) >= 11 is 0. The number of carbonyl (C=O) groups is 1. The number of rotatable bonds is 12. The molecule has 1 fully saturated rings. The van der Waals surface area contributed by atoms with E-state index in [2.05, 4.69) is 0 Å². The van der Waals surface area contributed by atoms with Crippen LogP contribution in [0.1, 0.15) is 22.0 Å². The SMILES string of the molecule is COCOc1cc(OCOC)c(C(=O)[C@H]2O[C@@H]2c2ccc3c(c2)OCCO3)c(OCOC)c1. The van der Waals surface area contributed by atoms with Crippen LogP contribution >= 0.6 is 0 Å². The molecule has 2 heterocycles. The first kappa shape index (κ1) is 23.1. The molecule has 2 atom stereocenters. The van der Waals surface area contributed by atoms with E-state index in [0.29, 0.717) is 30.5 Å². The molecule has 178 valence electrons. The van der Waals surface area contributed by atoms with E-state index >= 15 is 0 Å². The Morgan fingerprint density at radius 3 is 2.09 bits per heavy atom. The quantitative estimate of drug-likeness (QED) is 0.266. The second kappa shape index (κ2) is 10.7. The maximum Gasteiger partial charge on any atom is 0.202 e. The summed E-state index contributed by atoms with van der Waals surface area (Å²) in [6.07, 6.45) is -1.14. The predicted molar refractivity (Wildman–Crippen MR) is 113 cm³/mol. The Morgan fingerprint density at radius 2 is 1.45 bits per heavy atom. The van der Waals surface area contributed by atoms with Crippen molar-refractivity contribution in [2.45, 2.75) is 12.2 Å². The van der Waals surface area contributed by atoms with E-state index in [4.69, 9.17) is 42.6 Å². The maximum absolute atomic E-state index is 13.5. The number of ether oxygens (including phenoxy) is 9. The lowest BCUT2D eigenvalue weighted by Gasteiger charge is -2.18. The zero-order chi connectivity index (χ0) is 23.2. The van der Waals surface area contributed by atoms with Gasteiger partial charge < -0.3 is 42.6 Å². The maximum atomic E-state index is 13.5. The molecule has 0 saturated carbocycles. The molecular weight excluding hydrogens is 436 g/mol. The minimum Gasteiger partial charge on any atom is -0.486 e. The van der Waals surface area contributed by atoms with Crippen LogP contribution in [0.2, 0.25) is 0 Å². The largest absolute Gasteiger partial charge is 0.486 e. The fourth-order valence-corrected chi connectivity index (χ4v) is 3.44. The standard InChI is InChI=1S/C23H26O10/c1-25-11-30-15-9-18(31-12-26-2)20(19(10-15)32-13-27-3)21(24)23-22(33-23)14-4-5-16-17(8-14)29-7-6-28-16/h4-5,8-10,22-23H,6-7,11-13H2,1-3H3/t22-,23-/m1/s1. The van der Waals surface area contributed by atoms with Gasteiger partial charge in [-0.25, -0.2) is 0 Å². The summed E-state index contributed by atoms with van der Waals surface area (Å²) in [6.45, 7) is 0.844. The third kappa shape index (κ3) is 5.31. The van der Waals surface area contributed by atoms with Crippen LogP contribution in [0.15, 0.2) is 30.3 Å². The van der Waals surface area contributed by atoms with Crippen molar-refractivity contribution in [3.63, 3.8) is 0 Å². The van der Waals surface area contributed by atoms with Crippen LogP contribution in [0.4, 0.5) is 0 Å². The minimum absolute atomic E-state index is 0.0126. The second-order valence-corrected chi connectivity index (χ2v) is 7.19. The van der Waals surface area contributed by atoms with Gasteiger partial charge in [-0.3, -0.25) is 4.79 Å². The zero-order valence-corrected chi connectivity index (χ0v) is 18.7. The first-order valence-electron chi connectivity index (χ1n) is 10.3. The molecule has 0 aliphatic carbocycles. The van der Waals surface area contributed by atoms with Crippen LogP contribution in [0.5, 0.6) is 28.7 Å². The van der Waals surface area contributed by atoms with Crippen LogP contribution in [0.25, 0.3) is 0 Å². The van der Waals surface area contributed by atoms with Gasteiger partial charge in [0.2, 0.25) is 5.78 Å². The van der Waals surface area contributed by atoms with Gasteiger partial charge in [0.25, 0.3) is 0 Å². The van der Waals surface area contributed by atoms with Crippen molar-refractivity contribution < 1.29 is 47.4 Å². The normalized spacial score (nSPS) is 18.5. The number of epoxide rings is 1. The Morgan fingerprint density at radius 1 is 0.848 bits per heavy atom. The minimum atomic E-state index is -0.715. The summed E-state index contributed by atoms with van der Waals surface area (Å²) in [7, 11) is 4.47. The smallest absolute Gasteiger partial charge is 0.202 e. The van der Waals surface area contributed by atoms with Gasteiger partial charge in [0.05, 0.1) is 0 Å². The summed E-state index contributed by atoms with van der Waals surface area (Å²) in [5.41, 5.74) is 1.02. The molecule has 0 radical (unpaired) electrons. The van der Waals surface area contributed by atoms with Gasteiger partial charge in [0.15, 0.2) is 38.0 Å². The van der Waals surface area contributed by atoms with E-state index in [1.54, 1.807) is 12.1 Å². The number of fused-ring (bicyclic) bond motifs is 1. The van der Waals surface area contributed by atoms with E-state index in [9.17, 15) is 4.79 Å². The molecule has 0 amide bonds. The molecule has 0 unspecified atom stereocenters. The van der Waals surface area contributed by atoms with Crippen molar-refractivity contribution in [1.82, 2.24) is 0 Å². The molecule has 10 heteroatoms. The van der Waals surface area contributed by atoms with E-state index in [-0.39, 0.29) is 43.2 Å². The fourth-order valence-electron chi connectivity index (χ4n) is 3.44. The van der Waals surface area contributed by atoms with Crippen molar-refractivity contribution in [3.05, 3.63) is 41.5 Å². The number of methoxy groups -OCH3 is 3. The number of hydrogen-bond donors (Lipinski definition) is 0. The molecule has 2 aliphatic rings. The second-order valence-electron chi connectivity index (χ2n) is 7.19. The lowest BCUT2D eigenvalue weighted by atomic mass is 10.0. The topological polar surface area (TPSA) is 103 Å². The van der Waals surface area contributed by atoms with Gasteiger partial charge in [-0.2, -0.15) is 0 Å². The molecule has 10 nitrogen and oxygen atoms in total. The monoisotopic (exact) mass is 462 g/mol. The molecule has 0 spiro atoms. The van der Waals surface area contributed by atoms with E-state index in [1.165, 1.54) is 21.3 Å². The number of carbonyl (C=O) groups excluding carboxylic acids is 1. The van der Waals surface area contributed by atoms with Crippen molar-refractivity contribution in [2.75, 3.05) is 54.9 Å². The van der Waals surface area contributed by atoms with E-state index in [1.807, 2.05) is 18.2 Å². The number of ketones is 1. The van der Waals surface area contributed by atoms with Gasteiger partial charge in [0.1, 0.15) is 42.1 Å². The molecule has 0 aromatic heterocycles. The van der Waals surface area contributed by atoms with Gasteiger partial charge in [0, 0.05) is 33.5 Å². The van der Waals surface area contributed by atoms with Crippen LogP contribution in [-0.4, -0.2) is 66.8 Å². The molecule has 2 aromatic carbocycles. The summed E-state index contributed by atoms with van der Waals surface area (Å²) in [6, 6.07) is 8.66. The molecule has 33 heavy (non-hydrogen) atoms. The molecular formula is C23H26O10. The summed E-state index contributed by atoms with van der Waals surface area (Å²) in [4.78, 5) is 13.5. The number of benzene rings is 2. The van der Waals surface area contributed by atoms with Gasteiger partial charge in [-0.05, 0) is 17.7 Å². The van der Waals surface area contributed by atoms with Crippen molar-refractivity contribution in [2.24, 2.45) is 0 Å². The first-order chi connectivity index (χ1) is 16.2. The van der Waals surface area contributed by atoms with Crippen molar-refractivity contribution in [3.8, 4) is 28.7 Å². The summed E-state index contributed by atoms with van der Waals surface area (Å²) in [5.74, 6) is 1.87. The average Bonchev–Trinajstić information content (AvgIpc) is 3.65. The summed E-state index contributed by atoms with van der Waals surface area (Å²) < 4.78 is 48.8. The lowest BCUT2D eigenvalue weighted by Crippen LogP contribution is -2.16. The zero-order valence-electron chi connectivity index (χ0n) is 18.7. The third-order valence-electron chi connectivity index (χ3n) is 4.94. The molecule has 2 aromatic rings. The average molecular weight is 462 g/mol. The number of hydrogen-bond acceptors (Lipinski definition) is 10. The van der Waals surface area contributed by atoms with Gasteiger partial charge in [-0.1, -0.05) is 6.07 Å². The summed E-state index contributed by atoms with van der Waals surface area (Å²) in [5, 5.41) is 0. The number of Topliss-reactive ketones (excluding diaryl/α,β-unsaturated/α-hetero) is 1. The molecule has 1 saturated heterocycles. The third-order valence-corrected chi connectivity index (χ3v) is 4.94. The fraction of sp³-hybridized carbons (Fsp3) is 0.435. The Bertz CT molecular complexity index is 947. The Balaban J connectivity index is 1.61. The Kier molecular flexibility index (Phi) is 7.50. The Labute approximate surface area is 191 Å². The highest BCUT2D eigenvalue weighted by atomic mass is 16.7. The Hall–Kier alpha value is -3.05. The first-order valence-corrected chi connectivity index (χ1v) is 10.3. The van der Waals surface area contributed by atoms with Crippen LogP contribution in [0, 0.1) is 0 Å². The van der Waals surface area contributed by atoms with Crippen LogP contribution in [-0.2, 0) is 18.9 Å². The van der Waals surface area contributed by atoms with Gasteiger partial charge >= 0.3 is 0 Å². The highest BCUT2D eigenvalue weighted by Gasteiger charge is 2.48. The van der Waals surface area contributed by atoms with Crippen molar-refractivity contribution in [1.29, 1.82) is 0 Å². The van der Waals surface area contributed by atoms with Crippen LogP contribution in [0.3, 0.4) is 0 Å². The van der Waals surface area contributed by atoms with E-state index < -0.39 is 12.2 Å².